The van der Waals surface area contributed by atoms with E-state index in [9.17, 15) is 5.11 Å². The largest absolute Gasteiger partial charge is 0.493 e. The molecule has 0 fully saturated rings. The van der Waals surface area contributed by atoms with E-state index in [0.29, 0.717) is 12.6 Å². The minimum Gasteiger partial charge on any atom is -0.493 e. The molecule has 0 aromatic heterocycles. The summed E-state index contributed by atoms with van der Waals surface area (Å²) in [5.41, 5.74) is 3.68. The van der Waals surface area contributed by atoms with Gasteiger partial charge in [0.05, 0.1) is 13.2 Å². The average molecular weight is 263 g/mol. The van der Waals surface area contributed by atoms with Crippen molar-refractivity contribution in [2.24, 2.45) is 0 Å². The molecule has 0 saturated heterocycles. The molecule has 3 nitrogen and oxygen atoms in total. The van der Waals surface area contributed by atoms with Crippen molar-refractivity contribution in [1.29, 1.82) is 0 Å². The van der Waals surface area contributed by atoms with Crippen LogP contribution in [0, 0.1) is 0 Å². The van der Waals surface area contributed by atoms with Gasteiger partial charge in [-0.1, -0.05) is 13.8 Å². The van der Waals surface area contributed by atoms with Crippen molar-refractivity contribution in [2.45, 2.75) is 46.3 Å². The SMILES string of the molecule is CCOc1cc2c(cc1CO)CCN(CC)C2CC. The zero-order valence-corrected chi connectivity index (χ0v) is 12.3. The third-order valence-electron chi connectivity index (χ3n) is 4.05. The molecule has 0 aliphatic carbocycles. The van der Waals surface area contributed by atoms with Crippen LogP contribution in [0.1, 0.15) is 49.9 Å². The maximum atomic E-state index is 9.48. The van der Waals surface area contributed by atoms with Crippen molar-refractivity contribution < 1.29 is 9.84 Å². The van der Waals surface area contributed by atoms with E-state index in [1.807, 2.05) is 6.92 Å². The van der Waals surface area contributed by atoms with Crippen LogP contribution in [-0.4, -0.2) is 29.7 Å². The molecular formula is C16H25NO2. The van der Waals surface area contributed by atoms with E-state index in [1.165, 1.54) is 11.1 Å². The Hall–Kier alpha value is -1.06. The van der Waals surface area contributed by atoms with Gasteiger partial charge in [0, 0.05) is 18.2 Å². The van der Waals surface area contributed by atoms with Crippen LogP contribution in [0.3, 0.4) is 0 Å². The lowest BCUT2D eigenvalue weighted by atomic mass is 9.89. The molecule has 2 rings (SSSR count). The standard InChI is InChI=1S/C16H25NO2/c1-4-15-14-10-16(19-6-3)13(11-18)9-12(14)7-8-17(15)5-2/h9-10,15,18H,4-8,11H2,1-3H3. The molecule has 0 amide bonds. The zero-order valence-electron chi connectivity index (χ0n) is 12.3. The summed E-state index contributed by atoms with van der Waals surface area (Å²) in [5.74, 6) is 0.847. The lowest BCUT2D eigenvalue weighted by Gasteiger charge is -2.36. The lowest BCUT2D eigenvalue weighted by molar-refractivity contribution is 0.189. The second-order valence-corrected chi connectivity index (χ2v) is 5.05. The van der Waals surface area contributed by atoms with Gasteiger partial charge in [-0.25, -0.2) is 0 Å². The van der Waals surface area contributed by atoms with Crippen molar-refractivity contribution in [3.8, 4) is 5.75 Å². The van der Waals surface area contributed by atoms with Gasteiger partial charge in [-0.05, 0) is 49.6 Å². The van der Waals surface area contributed by atoms with Crippen LogP contribution in [0.15, 0.2) is 12.1 Å². The zero-order chi connectivity index (χ0) is 13.8. The number of aliphatic hydroxyl groups is 1. The van der Waals surface area contributed by atoms with E-state index >= 15 is 0 Å². The quantitative estimate of drug-likeness (QED) is 0.886. The number of fused-ring (bicyclic) bond motifs is 1. The molecule has 1 aliphatic heterocycles. The van der Waals surface area contributed by atoms with Crippen molar-refractivity contribution in [1.82, 2.24) is 4.90 Å². The fraction of sp³-hybridized carbons (Fsp3) is 0.625. The van der Waals surface area contributed by atoms with Gasteiger partial charge < -0.3 is 9.84 Å². The Labute approximate surface area is 116 Å². The first-order valence-electron chi connectivity index (χ1n) is 7.38. The number of benzene rings is 1. The smallest absolute Gasteiger partial charge is 0.125 e. The number of hydrogen-bond acceptors (Lipinski definition) is 3. The minimum atomic E-state index is 0.0525. The minimum absolute atomic E-state index is 0.0525. The first-order valence-corrected chi connectivity index (χ1v) is 7.38. The summed E-state index contributed by atoms with van der Waals surface area (Å²) in [6, 6.07) is 4.77. The van der Waals surface area contributed by atoms with Crippen molar-refractivity contribution in [3.63, 3.8) is 0 Å². The van der Waals surface area contributed by atoms with Gasteiger partial charge in [-0.2, -0.15) is 0 Å². The second kappa shape index (κ2) is 6.40. The van der Waals surface area contributed by atoms with E-state index < -0.39 is 0 Å². The number of aliphatic hydroxyl groups excluding tert-OH is 1. The molecule has 1 aliphatic rings. The van der Waals surface area contributed by atoms with Gasteiger partial charge in [0.1, 0.15) is 5.75 Å². The summed E-state index contributed by atoms with van der Waals surface area (Å²) >= 11 is 0. The Morgan fingerprint density at radius 3 is 2.68 bits per heavy atom. The van der Waals surface area contributed by atoms with Crippen LogP contribution in [0.5, 0.6) is 5.75 Å². The van der Waals surface area contributed by atoms with Gasteiger partial charge >= 0.3 is 0 Å². The van der Waals surface area contributed by atoms with E-state index in [1.54, 1.807) is 0 Å². The maximum absolute atomic E-state index is 9.48. The summed E-state index contributed by atoms with van der Waals surface area (Å²) in [4.78, 5) is 2.52. The Bertz CT molecular complexity index is 431. The van der Waals surface area contributed by atoms with Crippen molar-refractivity contribution in [2.75, 3.05) is 19.7 Å². The molecule has 0 bridgehead atoms. The Morgan fingerprint density at radius 1 is 1.32 bits per heavy atom. The first-order chi connectivity index (χ1) is 9.24. The predicted molar refractivity (Wildman–Crippen MR) is 77.5 cm³/mol. The number of ether oxygens (including phenoxy) is 1. The Balaban J connectivity index is 2.43. The summed E-state index contributed by atoms with van der Waals surface area (Å²) in [5, 5.41) is 9.48. The van der Waals surface area contributed by atoms with Crippen LogP contribution in [0.4, 0.5) is 0 Å². The van der Waals surface area contributed by atoms with Gasteiger partial charge in [-0.3, -0.25) is 4.90 Å². The highest BCUT2D eigenvalue weighted by Crippen LogP contribution is 2.36. The molecule has 1 atom stereocenters. The van der Waals surface area contributed by atoms with E-state index in [-0.39, 0.29) is 6.61 Å². The fourth-order valence-electron chi connectivity index (χ4n) is 3.10. The van der Waals surface area contributed by atoms with Gasteiger partial charge in [0.15, 0.2) is 0 Å². The van der Waals surface area contributed by atoms with Crippen molar-refractivity contribution >= 4 is 0 Å². The summed E-state index contributed by atoms with van der Waals surface area (Å²) in [7, 11) is 0. The molecule has 106 valence electrons. The second-order valence-electron chi connectivity index (χ2n) is 5.05. The third kappa shape index (κ3) is 2.77. The number of nitrogens with zero attached hydrogens (tertiary/aromatic N) is 1. The highest BCUT2D eigenvalue weighted by molar-refractivity contribution is 5.45. The normalized spacial score (nSPS) is 19.3. The highest BCUT2D eigenvalue weighted by atomic mass is 16.5. The van der Waals surface area contributed by atoms with Gasteiger partial charge in [-0.15, -0.1) is 0 Å². The van der Waals surface area contributed by atoms with Crippen LogP contribution < -0.4 is 4.74 Å². The van der Waals surface area contributed by atoms with Crippen LogP contribution in [0.25, 0.3) is 0 Å². The molecule has 0 saturated carbocycles. The van der Waals surface area contributed by atoms with E-state index in [2.05, 4.69) is 30.9 Å². The summed E-state index contributed by atoms with van der Waals surface area (Å²) in [6.45, 7) is 9.33. The van der Waals surface area contributed by atoms with Gasteiger partial charge in [0.2, 0.25) is 0 Å². The van der Waals surface area contributed by atoms with Crippen LogP contribution in [-0.2, 0) is 13.0 Å². The van der Waals surface area contributed by atoms with Gasteiger partial charge in [0.25, 0.3) is 0 Å². The molecule has 1 unspecified atom stereocenters. The van der Waals surface area contributed by atoms with Crippen molar-refractivity contribution in [3.05, 3.63) is 28.8 Å². The maximum Gasteiger partial charge on any atom is 0.125 e. The molecular weight excluding hydrogens is 238 g/mol. The molecule has 1 aromatic carbocycles. The predicted octanol–water partition coefficient (Wildman–Crippen LogP) is 2.91. The molecule has 1 aromatic rings. The highest BCUT2D eigenvalue weighted by Gasteiger charge is 2.26. The molecule has 0 spiro atoms. The van der Waals surface area contributed by atoms with Crippen LogP contribution >= 0.6 is 0 Å². The molecule has 0 radical (unpaired) electrons. The topological polar surface area (TPSA) is 32.7 Å². The number of hydrogen-bond donors (Lipinski definition) is 1. The Kier molecular flexibility index (Phi) is 4.83. The van der Waals surface area contributed by atoms with E-state index in [4.69, 9.17) is 4.74 Å². The first kappa shape index (κ1) is 14.4. The Morgan fingerprint density at radius 2 is 2.11 bits per heavy atom. The van der Waals surface area contributed by atoms with Crippen LogP contribution in [0.2, 0.25) is 0 Å². The summed E-state index contributed by atoms with van der Waals surface area (Å²) in [6.07, 6.45) is 2.18. The summed E-state index contributed by atoms with van der Waals surface area (Å²) < 4.78 is 5.68. The molecule has 1 heterocycles. The average Bonchev–Trinajstić information content (AvgIpc) is 2.45. The third-order valence-corrected chi connectivity index (χ3v) is 4.05. The number of rotatable bonds is 5. The monoisotopic (exact) mass is 263 g/mol. The molecule has 1 N–H and O–H groups in total. The number of likely N-dealkylation sites (N-methyl/N-ethyl adjacent to an activating group) is 1. The molecule has 19 heavy (non-hydrogen) atoms. The lowest BCUT2D eigenvalue weighted by Crippen LogP contribution is -2.35. The molecule has 3 heteroatoms. The fourth-order valence-corrected chi connectivity index (χ4v) is 3.10. The van der Waals surface area contributed by atoms with E-state index in [0.717, 1.165) is 37.2 Å².